The topological polar surface area (TPSA) is 160 Å². The maximum atomic E-state index is 15.7. The molecule has 0 amide bonds. The highest BCUT2D eigenvalue weighted by Gasteiger charge is 2.28. The summed E-state index contributed by atoms with van der Waals surface area (Å²) in [6.07, 6.45) is 0.557. The van der Waals surface area contributed by atoms with E-state index in [2.05, 4.69) is 9.71 Å². The van der Waals surface area contributed by atoms with Gasteiger partial charge in [-0.25, -0.2) is 31.8 Å². The van der Waals surface area contributed by atoms with Gasteiger partial charge in [-0.05, 0) is 56.2 Å². The van der Waals surface area contributed by atoms with Gasteiger partial charge in [0.05, 0.1) is 22.6 Å². The van der Waals surface area contributed by atoms with Gasteiger partial charge in [0.2, 0.25) is 15.8 Å². The Labute approximate surface area is 270 Å². The average molecular weight is 690 g/mol. The molecule has 12 nitrogen and oxygen atoms in total. The first kappa shape index (κ1) is 33.3. The number of hydrogen-bond donors (Lipinski definition) is 1. The first-order valence-corrected chi connectivity index (χ1v) is 16.0. The molecule has 3 aromatic heterocycles. The molecule has 1 N–H and O–H groups in total. The summed E-state index contributed by atoms with van der Waals surface area (Å²) < 4.78 is 78.6. The third-order valence-corrected chi connectivity index (χ3v) is 8.69. The quantitative estimate of drug-likeness (QED) is 0.116. The lowest BCUT2D eigenvalue weighted by atomic mass is 10.00. The minimum absolute atomic E-state index is 0.0291. The van der Waals surface area contributed by atoms with E-state index >= 15 is 8.78 Å². The number of rotatable bonds is 11. The van der Waals surface area contributed by atoms with Gasteiger partial charge >= 0.3 is 12.0 Å². The fourth-order valence-corrected chi connectivity index (χ4v) is 5.97. The van der Waals surface area contributed by atoms with Crippen molar-refractivity contribution in [2.24, 2.45) is 0 Å². The van der Waals surface area contributed by atoms with Gasteiger partial charge in [-0.1, -0.05) is 30.7 Å². The number of nitrogens with one attached hydrogen (secondary N) is 1. The molecule has 0 fully saturated rings. The van der Waals surface area contributed by atoms with Crippen LogP contribution in [-0.2, 0) is 26.1 Å². The molecule has 16 heteroatoms. The van der Waals surface area contributed by atoms with Crippen molar-refractivity contribution in [2.45, 2.75) is 40.0 Å². The number of aryl methyl sites for hydroxylation is 1. The second-order valence-corrected chi connectivity index (χ2v) is 12.6. The third kappa shape index (κ3) is 7.20. The van der Waals surface area contributed by atoms with Crippen LogP contribution in [0.2, 0.25) is 5.02 Å². The van der Waals surface area contributed by atoms with Crippen LogP contribution in [0.5, 0.6) is 0 Å². The Kier molecular flexibility index (Phi) is 9.49. The second-order valence-electron chi connectivity index (χ2n) is 10.3. The van der Waals surface area contributed by atoms with Gasteiger partial charge in [0.25, 0.3) is 0 Å². The number of carbonyl (C=O) groups is 2. The van der Waals surface area contributed by atoms with Crippen LogP contribution in [0.25, 0.3) is 22.2 Å². The molecule has 5 rings (SSSR count). The summed E-state index contributed by atoms with van der Waals surface area (Å²) >= 11 is 6.02. The smallest absolute Gasteiger partial charge is 0.426 e. The van der Waals surface area contributed by atoms with Gasteiger partial charge in [-0.2, -0.15) is 0 Å². The number of anilines is 1. The van der Waals surface area contributed by atoms with Crippen LogP contribution in [0.4, 0.5) is 19.3 Å². The van der Waals surface area contributed by atoms with Crippen molar-refractivity contribution in [3.05, 3.63) is 105 Å². The number of ether oxygens (including phenoxy) is 2. The van der Waals surface area contributed by atoms with Crippen LogP contribution in [0.3, 0.4) is 0 Å². The summed E-state index contributed by atoms with van der Waals surface area (Å²) in [6, 6.07) is 9.93. The van der Waals surface area contributed by atoms with Crippen LogP contribution in [0.15, 0.2) is 68.5 Å². The van der Waals surface area contributed by atoms with Crippen LogP contribution < -0.4 is 10.5 Å². The lowest BCUT2D eigenvalue weighted by Crippen LogP contribution is -2.18. The SMILES string of the molecule is CCCS(=O)(=O)Nc1ccc(F)c(C(=O)c2cn(C(C)OC(=O)OCc3oc(=O)oc3C)c3ncc(-c4ccc(Cl)cc4)cc23)c1F. The van der Waals surface area contributed by atoms with Crippen molar-refractivity contribution in [3.63, 3.8) is 0 Å². The van der Waals surface area contributed by atoms with E-state index in [9.17, 15) is 22.8 Å². The van der Waals surface area contributed by atoms with Gasteiger partial charge in [0.1, 0.15) is 11.5 Å². The van der Waals surface area contributed by atoms with Crippen molar-refractivity contribution < 1.29 is 45.1 Å². The van der Waals surface area contributed by atoms with Gasteiger partial charge in [-0.15, -0.1) is 0 Å². The Morgan fingerprint density at radius 3 is 2.49 bits per heavy atom. The van der Waals surface area contributed by atoms with Crippen molar-refractivity contribution in [1.29, 1.82) is 0 Å². The number of halogens is 3. The number of ketones is 1. The monoisotopic (exact) mass is 689 g/mol. The molecule has 0 bridgehead atoms. The molecule has 47 heavy (non-hydrogen) atoms. The molecule has 0 saturated heterocycles. The number of nitrogens with zero attached hydrogens (tertiary/aromatic N) is 2. The van der Waals surface area contributed by atoms with Crippen LogP contribution >= 0.6 is 11.6 Å². The minimum atomic E-state index is -3.98. The van der Waals surface area contributed by atoms with Crippen LogP contribution in [0.1, 0.15) is 53.9 Å². The number of pyridine rings is 1. The second kappa shape index (κ2) is 13.4. The van der Waals surface area contributed by atoms with Crippen molar-refractivity contribution in [3.8, 4) is 11.1 Å². The zero-order valence-corrected chi connectivity index (χ0v) is 26.6. The summed E-state index contributed by atoms with van der Waals surface area (Å²) in [4.78, 5) is 42.1. The van der Waals surface area contributed by atoms with E-state index in [1.807, 2.05) is 0 Å². The standard InChI is InChI=1S/C31H26ClF2N3O9S/c1-4-11-47(41,42)36-24-10-9-23(33)26(27(24)34)28(38)22-14-37(17(3)45-30(39)43-15-25-16(2)44-31(40)46-25)29-21(22)12-19(13-35-29)18-5-7-20(32)8-6-18/h5-10,12-14,17,36H,4,11,15H2,1-3H3. The predicted molar refractivity (Wildman–Crippen MR) is 166 cm³/mol. The number of fused-ring (bicyclic) bond motifs is 1. The zero-order chi connectivity index (χ0) is 34.0. The summed E-state index contributed by atoms with van der Waals surface area (Å²) in [5.41, 5.74) is -0.558. The van der Waals surface area contributed by atoms with Gasteiger partial charge in [0.15, 0.2) is 30.2 Å². The lowest BCUT2D eigenvalue weighted by Gasteiger charge is -2.15. The zero-order valence-electron chi connectivity index (χ0n) is 25.0. The van der Waals surface area contributed by atoms with E-state index in [4.69, 9.17) is 29.9 Å². The Balaban J connectivity index is 1.55. The Bertz CT molecular complexity index is 2160. The summed E-state index contributed by atoms with van der Waals surface area (Å²) in [6.45, 7) is 4.01. The van der Waals surface area contributed by atoms with Gasteiger partial charge in [0, 0.05) is 28.4 Å². The maximum Gasteiger partial charge on any atom is 0.519 e. The minimum Gasteiger partial charge on any atom is -0.426 e. The number of carbonyl (C=O) groups excluding carboxylic acids is 2. The van der Waals surface area contributed by atoms with Crippen molar-refractivity contribution >= 4 is 50.3 Å². The molecular formula is C31H26ClF2N3O9S. The fourth-order valence-electron chi connectivity index (χ4n) is 4.71. The van der Waals surface area contributed by atoms with E-state index in [0.29, 0.717) is 16.1 Å². The molecule has 0 aliphatic heterocycles. The summed E-state index contributed by atoms with van der Waals surface area (Å²) in [5.74, 6) is -4.99. The molecule has 3 heterocycles. The molecule has 2 aromatic carbocycles. The molecule has 0 aliphatic carbocycles. The fraction of sp³-hybridized carbons (Fsp3) is 0.226. The number of hydrogen-bond acceptors (Lipinski definition) is 10. The predicted octanol–water partition coefficient (Wildman–Crippen LogP) is 6.74. The Morgan fingerprint density at radius 1 is 1.11 bits per heavy atom. The summed E-state index contributed by atoms with van der Waals surface area (Å²) in [5, 5.41) is 0.617. The molecule has 0 saturated carbocycles. The molecule has 1 unspecified atom stereocenters. The van der Waals surface area contributed by atoms with Gasteiger partial charge < -0.3 is 18.3 Å². The first-order valence-electron chi connectivity index (χ1n) is 14.0. The maximum absolute atomic E-state index is 15.7. The largest absolute Gasteiger partial charge is 0.519 e. The number of benzene rings is 2. The highest BCUT2D eigenvalue weighted by molar-refractivity contribution is 7.92. The normalized spacial score (nSPS) is 12.2. The molecule has 0 aliphatic rings. The molecule has 1 atom stereocenters. The molecule has 0 spiro atoms. The molecule has 5 aromatic rings. The molecule has 0 radical (unpaired) electrons. The average Bonchev–Trinajstić information content (AvgIpc) is 3.56. The van der Waals surface area contributed by atoms with E-state index < -0.39 is 63.5 Å². The highest BCUT2D eigenvalue weighted by Crippen LogP contribution is 2.33. The molecular weight excluding hydrogens is 664 g/mol. The number of aromatic nitrogens is 2. The summed E-state index contributed by atoms with van der Waals surface area (Å²) in [7, 11) is -3.98. The van der Waals surface area contributed by atoms with Gasteiger partial charge in [-0.3, -0.25) is 14.1 Å². The van der Waals surface area contributed by atoms with Crippen LogP contribution in [-0.4, -0.2) is 35.7 Å². The van der Waals surface area contributed by atoms with Crippen molar-refractivity contribution in [1.82, 2.24) is 9.55 Å². The molecule has 246 valence electrons. The van der Waals surface area contributed by atoms with Crippen LogP contribution in [0, 0.1) is 18.6 Å². The Morgan fingerprint density at radius 2 is 1.83 bits per heavy atom. The van der Waals surface area contributed by atoms with E-state index in [1.54, 1.807) is 37.3 Å². The van der Waals surface area contributed by atoms with E-state index in [1.165, 1.54) is 30.8 Å². The van der Waals surface area contributed by atoms with E-state index in [-0.39, 0.29) is 40.3 Å². The highest BCUT2D eigenvalue weighted by atomic mass is 35.5. The number of sulfonamides is 1. The lowest BCUT2D eigenvalue weighted by molar-refractivity contribution is -0.00146. The van der Waals surface area contributed by atoms with E-state index in [0.717, 1.165) is 12.1 Å². The first-order chi connectivity index (χ1) is 22.3. The van der Waals surface area contributed by atoms with Crippen molar-refractivity contribution in [2.75, 3.05) is 10.5 Å². The third-order valence-electron chi connectivity index (χ3n) is 6.96. The Hall–Kier alpha value is -5.02.